The molecular formula is C34H30N4O3S2. The summed E-state index contributed by atoms with van der Waals surface area (Å²) in [7, 11) is 0. The zero-order valence-corrected chi connectivity index (χ0v) is 25.5. The third-order valence-electron chi connectivity index (χ3n) is 6.57. The highest BCUT2D eigenvalue weighted by atomic mass is 32.2. The van der Waals surface area contributed by atoms with Gasteiger partial charge in [-0.1, -0.05) is 65.9 Å². The number of carbonyl (C=O) groups is 3. The number of aryl methyl sites for hydroxylation is 2. The SMILES string of the molecule is Cc1ccc2nc(NC(=O)C(C)Sc3cccc(NC(=O)/C(=C/c4ccccc4C)NC(=O)c4ccccc4)c3)sc2c1. The monoisotopic (exact) mass is 606 g/mol. The summed E-state index contributed by atoms with van der Waals surface area (Å²) in [5.74, 6) is -1.02. The van der Waals surface area contributed by atoms with Gasteiger partial charge in [0, 0.05) is 16.1 Å². The maximum atomic E-state index is 13.5. The number of thiazole rings is 1. The smallest absolute Gasteiger partial charge is 0.272 e. The van der Waals surface area contributed by atoms with Crippen LogP contribution in [-0.4, -0.2) is 28.0 Å². The van der Waals surface area contributed by atoms with Crippen molar-refractivity contribution in [2.75, 3.05) is 10.6 Å². The molecule has 1 aromatic heterocycles. The summed E-state index contributed by atoms with van der Waals surface area (Å²) >= 11 is 2.82. The second-order valence-electron chi connectivity index (χ2n) is 9.96. The molecule has 0 radical (unpaired) electrons. The normalized spacial score (nSPS) is 12.0. The maximum absolute atomic E-state index is 13.5. The van der Waals surface area contributed by atoms with Crippen LogP contribution in [0.5, 0.6) is 0 Å². The van der Waals surface area contributed by atoms with Crippen LogP contribution in [-0.2, 0) is 9.59 Å². The van der Waals surface area contributed by atoms with Gasteiger partial charge in [-0.3, -0.25) is 14.4 Å². The van der Waals surface area contributed by atoms with Gasteiger partial charge in [-0.15, -0.1) is 11.8 Å². The van der Waals surface area contributed by atoms with Crippen LogP contribution in [0.25, 0.3) is 16.3 Å². The highest BCUT2D eigenvalue weighted by Gasteiger charge is 2.18. The van der Waals surface area contributed by atoms with Crippen LogP contribution < -0.4 is 16.0 Å². The first-order valence-corrected chi connectivity index (χ1v) is 15.3. The highest BCUT2D eigenvalue weighted by molar-refractivity contribution is 8.00. The van der Waals surface area contributed by atoms with Crippen LogP contribution >= 0.6 is 23.1 Å². The maximum Gasteiger partial charge on any atom is 0.272 e. The lowest BCUT2D eigenvalue weighted by Crippen LogP contribution is -2.30. The minimum atomic E-state index is -0.466. The molecule has 9 heteroatoms. The molecule has 0 bridgehead atoms. The van der Waals surface area contributed by atoms with Gasteiger partial charge in [0.25, 0.3) is 11.8 Å². The van der Waals surface area contributed by atoms with Crippen molar-refractivity contribution in [3.63, 3.8) is 0 Å². The molecule has 0 saturated carbocycles. The Labute approximate surface area is 258 Å². The fraction of sp³-hybridized carbons (Fsp3) is 0.118. The van der Waals surface area contributed by atoms with Gasteiger partial charge in [-0.25, -0.2) is 4.98 Å². The molecule has 5 aromatic rings. The molecule has 3 N–H and O–H groups in total. The highest BCUT2D eigenvalue weighted by Crippen LogP contribution is 2.30. The van der Waals surface area contributed by atoms with Gasteiger partial charge in [0.2, 0.25) is 5.91 Å². The van der Waals surface area contributed by atoms with Crippen molar-refractivity contribution < 1.29 is 14.4 Å². The minimum Gasteiger partial charge on any atom is -0.321 e. The fourth-order valence-electron chi connectivity index (χ4n) is 4.24. The molecule has 0 fully saturated rings. The molecule has 1 heterocycles. The van der Waals surface area contributed by atoms with Crippen LogP contribution in [0.2, 0.25) is 0 Å². The summed E-state index contributed by atoms with van der Waals surface area (Å²) in [6.07, 6.45) is 1.67. The number of amides is 3. The van der Waals surface area contributed by atoms with E-state index in [9.17, 15) is 14.4 Å². The van der Waals surface area contributed by atoms with E-state index >= 15 is 0 Å². The number of anilines is 2. The molecule has 43 heavy (non-hydrogen) atoms. The minimum absolute atomic E-state index is 0.111. The molecular weight excluding hydrogens is 577 g/mol. The molecule has 0 aliphatic rings. The third-order valence-corrected chi connectivity index (χ3v) is 8.59. The fourth-order valence-corrected chi connectivity index (χ4v) is 6.14. The Balaban J connectivity index is 1.28. The Morgan fingerprint density at radius 1 is 0.860 bits per heavy atom. The van der Waals surface area contributed by atoms with Gasteiger partial charge in [0.15, 0.2) is 5.13 Å². The Morgan fingerprint density at radius 2 is 1.63 bits per heavy atom. The molecule has 1 unspecified atom stereocenters. The topological polar surface area (TPSA) is 100 Å². The second kappa shape index (κ2) is 13.5. The van der Waals surface area contributed by atoms with Crippen LogP contribution in [0.4, 0.5) is 10.8 Å². The number of benzene rings is 4. The van der Waals surface area contributed by atoms with Crippen molar-refractivity contribution in [3.8, 4) is 0 Å². The molecule has 7 nitrogen and oxygen atoms in total. The first-order valence-electron chi connectivity index (χ1n) is 13.6. The number of nitrogens with zero attached hydrogens (tertiary/aromatic N) is 1. The molecule has 0 aliphatic heterocycles. The van der Waals surface area contributed by atoms with Gasteiger partial charge in [0.05, 0.1) is 15.5 Å². The number of nitrogens with one attached hydrogen (secondary N) is 3. The standard InChI is InChI=1S/C34H30N4O3S2/c1-21-16-17-28-30(18-21)43-34(37-28)38-31(39)23(3)42-27-15-9-14-26(20-27)35-33(41)29(19-25-13-8-7-10-22(25)2)36-32(40)24-11-5-4-6-12-24/h4-20,23H,1-3H3,(H,35,41)(H,36,40)(H,37,38,39)/b29-19-. The molecule has 4 aromatic carbocycles. The van der Waals surface area contributed by atoms with E-state index in [2.05, 4.69) is 27.0 Å². The zero-order chi connectivity index (χ0) is 30.3. The Hall–Kier alpha value is -4.73. The van der Waals surface area contributed by atoms with Gasteiger partial charge in [-0.05, 0) is 86.0 Å². The molecule has 216 valence electrons. The predicted octanol–water partition coefficient (Wildman–Crippen LogP) is 7.44. The summed E-state index contributed by atoms with van der Waals surface area (Å²) in [6.45, 7) is 5.79. The number of aromatic nitrogens is 1. The largest absolute Gasteiger partial charge is 0.321 e. The van der Waals surface area contributed by atoms with Crippen molar-refractivity contribution >= 4 is 67.9 Å². The number of fused-ring (bicyclic) bond motifs is 1. The molecule has 0 saturated heterocycles. The van der Waals surface area contributed by atoms with Crippen molar-refractivity contribution in [2.24, 2.45) is 0 Å². The average Bonchev–Trinajstić information content (AvgIpc) is 3.39. The Morgan fingerprint density at radius 3 is 2.42 bits per heavy atom. The molecule has 0 aliphatic carbocycles. The lowest BCUT2D eigenvalue weighted by atomic mass is 10.1. The summed E-state index contributed by atoms with van der Waals surface area (Å²) in [5, 5.41) is 8.74. The van der Waals surface area contributed by atoms with E-state index in [-0.39, 0.29) is 17.5 Å². The second-order valence-corrected chi connectivity index (χ2v) is 12.4. The van der Waals surface area contributed by atoms with Gasteiger partial charge in [-0.2, -0.15) is 0 Å². The van der Waals surface area contributed by atoms with Crippen molar-refractivity contribution in [2.45, 2.75) is 30.9 Å². The number of rotatable bonds is 9. The van der Waals surface area contributed by atoms with E-state index in [1.54, 1.807) is 42.5 Å². The van der Waals surface area contributed by atoms with Crippen LogP contribution in [0.15, 0.2) is 108 Å². The average molecular weight is 607 g/mol. The first-order chi connectivity index (χ1) is 20.7. The van der Waals surface area contributed by atoms with E-state index in [0.717, 1.165) is 31.8 Å². The zero-order valence-electron chi connectivity index (χ0n) is 23.9. The van der Waals surface area contributed by atoms with Crippen LogP contribution in [0.1, 0.15) is 34.0 Å². The van der Waals surface area contributed by atoms with Gasteiger partial charge in [0.1, 0.15) is 5.70 Å². The molecule has 1 atom stereocenters. The Bertz CT molecular complexity index is 1830. The predicted molar refractivity (Wildman–Crippen MR) is 176 cm³/mol. The molecule has 0 spiro atoms. The van der Waals surface area contributed by atoms with Crippen LogP contribution in [0.3, 0.4) is 0 Å². The van der Waals surface area contributed by atoms with Crippen molar-refractivity contribution in [3.05, 3.63) is 125 Å². The number of thioether (sulfide) groups is 1. The Kier molecular flexibility index (Phi) is 9.34. The number of hydrogen-bond donors (Lipinski definition) is 3. The summed E-state index contributed by atoms with van der Waals surface area (Å²) in [5.41, 5.74) is 4.86. The van der Waals surface area contributed by atoms with Gasteiger partial charge < -0.3 is 16.0 Å². The lowest BCUT2D eigenvalue weighted by Gasteiger charge is -2.14. The number of carbonyl (C=O) groups excluding carboxylic acids is 3. The van der Waals surface area contributed by atoms with Crippen molar-refractivity contribution in [1.82, 2.24) is 10.3 Å². The summed E-state index contributed by atoms with van der Waals surface area (Å²) < 4.78 is 1.02. The molecule has 5 rings (SSSR count). The first kappa shape index (κ1) is 29.8. The van der Waals surface area contributed by atoms with E-state index in [1.165, 1.54) is 23.1 Å². The van der Waals surface area contributed by atoms with Crippen LogP contribution in [0, 0.1) is 13.8 Å². The van der Waals surface area contributed by atoms with E-state index < -0.39 is 11.2 Å². The third kappa shape index (κ3) is 7.77. The van der Waals surface area contributed by atoms with Gasteiger partial charge >= 0.3 is 0 Å². The van der Waals surface area contributed by atoms with E-state index in [1.807, 2.05) is 75.4 Å². The van der Waals surface area contributed by atoms with E-state index in [0.29, 0.717) is 16.4 Å². The van der Waals surface area contributed by atoms with E-state index in [4.69, 9.17) is 0 Å². The lowest BCUT2D eigenvalue weighted by molar-refractivity contribution is -0.115. The number of hydrogen-bond acceptors (Lipinski definition) is 6. The quantitative estimate of drug-likeness (QED) is 0.120. The van der Waals surface area contributed by atoms with Crippen molar-refractivity contribution in [1.29, 1.82) is 0 Å². The summed E-state index contributed by atoms with van der Waals surface area (Å²) in [4.78, 5) is 44.7. The summed E-state index contributed by atoms with van der Waals surface area (Å²) in [6, 6.07) is 29.6. The molecule has 3 amide bonds.